The molecule has 1 amide bonds. The number of thiocarbonyl (C=S) groups is 1. The Labute approximate surface area is 208 Å². The van der Waals surface area contributed by atoms with Crippen molar-refractivity contribution >= 4 is 34.9 Å². The van der Waals surface area contributed by atoms with Gasteiger partial charge in [0, 0.05) is 18.5 Å². The maximum atomic E-state index is 12.1. The second-order valence-corrected chi connectivity index (χ2v) is 8.51. The van der Waals surface area contributed by atoms with E-state index < -0.39 is 0 Å². The molecule has 0 unspecified atom stereocenters. The molecule has 2 aromatic carbocycles. The zero-order chi connectivity index (χ0) is 24.4. The summed E-state index contributed by atoms with van der Waals surface area (Å²) in [6, 6.07) is 17.5. The fraction of sp³-hybridized carbons (Fsp3) is 0.444. The first kappa shape index (κ1) is 27.3. The SMILES string of the molecule is CCCCCCOc1ccc(NC(=S)NC(=O)CCCC(=O)OCCCc2ccccc2)cc1. The molecule has 7 heteroatoms. The van der Waals surface area contributed by atoms with Crippen molar-refractivity contribution in [2.45, 2.75) is 64.7 Å². The maximum absolute atomic E-state index is 12.1. The molecule has 0 radical (unpaired) electrons. The number of rotatable bonds is 15. The molecule has 2 aromatic rings. The lowest BCUT2D eigenvalue weighted by molar-refractivity contribution is -0.143. The van der Waals surface area contributed by atoms with Crippen molar-refractivity contribution in [2.24, 2.45) is 0 Å². The molecule has 0 atom stereocenters. The van der Waals surface area contributed by atoms with Gasteiger partial charge in [-0.25, -0.2) is 0 Å². The van der Waals surface area contributed by atoms with Crippen molar-refractivity contribution in [3.8, 4) is 5.75 Å². The largest absolute Gasteiger partial charge is 0.494 e. The molecule has 184 valence electrons. The first-order valence-corrected chi connectivity index (χ1v) is 12.5. The van der Waals surface area contributed by atoms with Crippen molar-refractivity contribution in [3.63, 3.8) is 0 Å². The third kappa shape index (κ3) is 12.3. The molecule has 0 aliphatic heterocycles. The lowest BCUT2D eigenvalue weighted by atomic mass is 10.1. The Morgan fingerprint density at radius 3 is 2.35 bits per heavy atom. The summed E-state index contributed by atoms with van der Waals surface area (Å²) in [5.41, 5.74) is 1.99. The number of esters is 1. The van der Waals surface area contributed by atoms with Gasteiger partial charge < -0.3 is 20.1 Å². The summed E-state index contributed by atoms with van der Waals surface area (Å²) in [4.78, 5) is 23.9. The van der Waals surface area contributed by atoms with E-state index in [2.05, 4.69) is 29.7 Å². The zero-order valence-electron chi connectivity index (χ0n) is 20.0. The molecule has 0 fully saturated rings. The van der Waals surface area contributed by atoms with Crippen molar-refractivity contribution in [2.75, 3.05) is 18.5 Å². The Bertz CT molecular complexity index is 872. The van der Waals surface area contributed by atoms with Crippen LogP contribution in [0.5, 0.6) is 5.75 Å². The predicted octanol–water partition coefficient (Wildman–Crippen LogP) is 5.81. The quantitative estimate of drug-likeness (QED) is 0.189. The van der Waals surface area contributed by atoms with Crippen molar-refractivity contribution in [1.29, 1.82) is 0 Å². The second-order valence-electron chi connectivity index (χ2n) is 8.10. The average Bonchev–Trinajstić information content (AvgIpc) is 2.83. The van der Waals surface area contributed by atoms with E-state index in [4.69, 9.17) is 21.7 Å². The van der Waals surface area contributed by atoms with Gasteiger partial charge in [-0.15, -0.1) is 0 Å². The van der Waals surface area contributed by atoms with Gasteiger partial charge in [0.25, 0.3) is 0 Å². The number of hydrogen-bond acceptors (Lipinski definition) is 5. The van der Waals surface area contributed by atoms with E-state index in [9.17, 15) is 9.59 Å². The highest BCUT2D eigenvalue weighted by molar-refractivity contribution is 7.80. The van der Waals surface area contributed by atoms with E-state index in [-0.39, 0.29) is 29.8 Å². The number of hydrogen-bond donors (Lipinski definition) is 2. The first-order chi connectivity index (χ1) is 16.6. The number of amides is 1. The van der Waals surface area contributed by atoms with E-state index in [1.165, 1.54) is 24.8 Å². The van der Waals surface area contributed by atoms with Gasteiger partial charge in [0.2, 0.25) is 5.91 Å². The van der Waals surface area contributed by atoms with Gasteiger partial charge in [-0.2, -0.15) is 0 Å². The van der Waals surface area contributed by atoms with Crippen LogP contribution in [0.15, 0.2) is 54.6 Å². The van der Waals surface area contributed by atoms with Gasteiger partial charge in [0.05, 0.1) is 13.2 Å². The Hall–Kier alpha value is -2.93. The third-order valence-corrected chi connectivity index (χ3v) is 5.34. The molecule has 0 spiro atoms. The van der Waals surface area contributed by atoms with Gasteiger partial charge in [-0.3, -0.25) is 9.59 Å². The van der Waals surface area contributed by atoms with E-state index >= 15 is 0 Å². The lowest BCUT2D eigenvalue weighted by Crippen LogP contribution is -2.34. The lowest BCUT2D eigenvalue weighted by Gasteiger charge is -2.11. The molecule has 0 bridgehead atoms. The van der Waals surface area contributed by atoms with Gasteiger partial charge in [-0.1, -0.05) is 56.5 Å². The first-order valence-electron chi connectivity index (χ1n) is 12.1. The molecule has 0 aromatic heterocycles. The van der Waals surface area contributed by atoms with Crippen molar-refractivity contribution in [1.82, 2.24) is 5.32 Å². The molecule has 34 heavy (non-hydrogen) atoms. The van der Waals surface area contributed by atoms with E-state index in [1.807, 2.05) is 42.5 Å². The molecule has 0 saturated carbocycles. The van der Waals surface area contributed by atoms with E-state index in [1.54, 1.807) is 0 Å². The summed E-state index contributed by atoms with van der Waals surface area (Å²) in [5, 5.41) is 5.85. The molecule has 0 saturated heterocycles. The van der Waals surface area contributed by atoms with Crippen LogP contribution < -0.4 is 15.4 Å². The number of ether oxygens (including phenoxy) is 2. The summed E-state index contributed by atoms with van der Waals surface area (Å²) in [6.07, 6.45) is 7.14. The number of carbonyl (C=O) groups is 2. The molecule has 0 aliphatic rings. The van der Waals surface area contributed by atoms with Crippen LogP contribution in [0.3, 0.4) is 0 Å². The predicted molar refractivity (Wildman–Crippen MR) is 140 cm³/mol. The van der Waals surface area contributed by atoms with Crippen LogP contribution in [0, 0.1) is 0 Å². The highest BCUT2D eigenvalue weighted by Gasteiger charge is 2.08. The van der Waals surface area contributed by atoms with Gasteiger partial charge in [-0.05, 0) is 67.7 Å². The molecular weight excluding hydrogens is 448 g/mol. The summed E-state index contributed by atoms with van der Waals surface area (Å²) >= 11 is 5.20. The Balaban J connectivity index is 1.53. The molecular formula is C27H36N2O4S. The summed E-state index contributed by atoms with van der Waals surface area (Å²) in [6.45, 7) is 3.28. The minimum Gasteiger partial charge on any atom is -0.494 e. The van der Waals surface area contributed by atoms with Crippen LogP contribution in [0.25, 0.3) is 0 Å². The fourth-order valence-electron chi connectivity index (χ4n) is 3.28. The van der Waals surface area contributed by atoms with Crippen molar-refractivity contribution < 1.29 is 19.1 Å². The van der Waals surface area contributed by atoms with E-state index in [0.29, 0.717) is 19.6 Å². The van der Waals surface area contributed by atoms with Crippen LogP contribution in [0.2, 0.25) is 0 Å². The second kappa shape index (κ2) is 16.6. The smallest absolute Gasteiger partial charge is 0.305 e. The van der Waals surface area contributed by atoms with Crippen molar-refractivity contribution in [3.05, 3.63) is 60.2 Å². The molecule has 0 aliphatic carbocycles. The molecule has 2 N–H and O–H groups in total. The molecule has 6 nitrogen and oxygen atoms in total. The summed E-state index contributed by atoms with van der Waals surface area (Å²) < 4.78 is 11.0. The minimum absolute atomic E-state index is 0.200. The van der Waals surface area contributed by atoms with Crippen LogP contribution in [0.1, 0.15) is 63.9 Å². The Morgan fingerprint density at radius 2 is 1.62 bits per heavy atom. The number of carbonyl (C=O) groups excluding carboxylic acids is 2. The number of aryl methyl sites for hydroxylation is 1. The monoisotopic (exact) mass is 484 g/mol. The number of unbranched alkanes of at least 4 members (excludes halogenated alkanes) is 3. The number of nitrogens with one attached hydrogen (secondary N) is 2. The summed E-state index contributed by atoms with van der Waals surface area (Å²) in [5.74, 6) is 0.291. The number of benzene rings is 2. The van der Waals surface area contributed by atoms with Crippen LogP contribution in [0.4, 0.5) is 5.69 Å². The maximum Gasteiger partial charge on any atom is 0.305 e. The summed E-state index contributed by atoms with van der Waals surface area (Å²) in [7, 11) is 0. The highest BCUT2D eigenvalue weighted by Crippen LogP contribution is 2.16. The van der Waals surface area contributed by atoms with Crippen LogP contribution >= 0.6 is 12.2 Å². The van der Waals surface area contributed by atoms with Gasteiger partial charge in [0.1, 0.15) is 5.75 Å². The minimum atomic E-state index is -0.283. The normalized spacial score (nSPS) is 10.4. The van der Waals surface area contributed by atoms with Gasteiger partial charge in [0.15, 0.2) is 5.11 Å². The third-order valence-electron chi connectivity index (χ3n) is 5.13. The van der Waals surface area contributed by atoms with E-state index in [0.717, 1.165) is 30.7 Å². The number of anilines is 1. The standard InChI is InChI=1S/C27H36N2O4S/c1-2-3-4-8-20-32-24-18-16-23(17-19-24)28-27(34)29-25(30)14-9-15-26(31)33-21-10-13-22-11-6-5-7-12-22/h5-7,11-12,16-19H,2-4,8-10,13-15,20-21H2,1H3,(H2,28,29,30,34). The zero-order valence-corrected chi connectivity index (χ0v) is 20.8. The van der Waals surface area contributed by atoms with Crippen LogP contribution in [-0.4, -0.2) is 30.2 Å². The Kier molecular flexibility index (Phi) is 13.4. The highest BCUT2D eigenvalue weighted by atomic mass is 32.1. The van der Waals surface area contributed by atoms with Crippen LogP contribution in [-0.2, 0) is 20.7 Å². The van der Waals surface area contributed by atoms with Gasteiger partial charge >= 0.3 is 5.97 Å². The Morgan fingerprint density at radius 1 is 0.853 bits per heavy atom. The average molecular weight is 485 g/mol. The molecule has 0 heterocycles. The molecule has 2 rings (SSSR count). The fourth-order valence-corrected chi connectivity index (χ4v) is 3.51. The topological polar surface area (TPSA) is 76.7 Å².